The number of aliphatic hydroxyl groups is 1. The maximum Gasteiger partial charge on any atom is 0.122 e. The molecule has 0 spiro atoms. The van der Waals surface area contributed by atoms with Crippen molar-refractivity contribution in [3.05, 3.63) is 29.3 Å². The molecule has 1 atom stereocenters. The SMILES string of the molecule is COc1ccc(CCN(C)C)cc1CC(C)O. The van der Waals surface area contributed by atoms with Crippen molar-refractivity contribution in [1.82, 2.24) is 4.90 Å². The van der Waals surface area contributed by atoms with Gasteiger partial charge >= 0.3 is 0 Å². The molecule has 0 aromatic heterocycles. The summed E-state index contributed by atoms with van der Waals surface area (Å²) in [5, 5.41) is 9.47. The van der Waals surface area contributed by atoms with Gasteiger partial charge in [-0.2, -0.15) is 0 Å². The van der Waals surface area contributed by atoms with Gasteiger partial charge in [0.05, 0.1) is 13.2 Å². The minimum Gasteiger partial charge on any atom is -0.496 e. The van der Waals surface area contributed by atoms with Crippen molar-refractivity contribution >= 4 is 0 Å². The second-order valence-electron chi connectivity index (χ2n) is 4.75. The van der Waals surface area contributed by atoms with Crippen molar-refractivity contribution in [3.63, 3.8) is 0 Å². The molecule has 1 rings (SSSR count). The highest BCUT2D eigenvalue weighted by Crippen LogP contribution is 2.21. The molecule has 1 aromatic carbocycles. The van der Waals surface area contributed by atoms with Crippen LogP contribution in [0.4, 0.5) is 0 Å². The van der Waals surface area contributed by atoms with Crippen LogP contribution in [-0.2, 0) is 12.8 Å². The van der Waals surface area contributed by atoms with Crippen LogP contribution in [0.25, 0.3) is 0 Å². The standard InChI is InChI=1S/C14H23NO2/c1-11(16)9-13-10-12(7-8-15(2)3)5-6-14(13)17-4/h5-6,10-11,16H,7-9H2,1-4H3. The summed E-state index contributed by atoms with van der Waals surface area (Å²) < 4.78 is 5.31. The first-order valence-electron chi connectivity index (χ1n) is 6.01. The molecule has 0 aliphatic rings. The highest BCUT2D eigenvalue weighted by atomic mass is 16.5. The fraction of sp³-hybridized carbons (Fsp3) is 0.571. The van der Waals surface area contributed by atoms with Crippen LogP contribution in [0.5, 0.6) is 5.75 Å². The van der Waals surface area contributed by atoms with E-state index in [1.807, 2.05) is 6.07 Å². The number of ether oxygens (including phenoxy) is 1. The Hall–Kier alpha value is -1.06. The van der Waals surface area contributed by atoms with Gasteiger partial charge in [-0.25, -0.2) is 0 Å². The molecule has 0 heterocycles. The summed E-state index contributed by atoms with van der Waals surface area (Å²) in [6.45, 7) is 2.83. The zero-order valence-electron chi connectivity index (χ0n) is 11.2. The molecule has 0 saturated carbocycles. The minimum atomic E-state index is -0.340. The second kappa shape index (κ2) is 6.62. The lowest BCUT2D eigenvalue weighted by atomic mass is 10.0. The number of hydrogen-bond donors (Lipinski definition) is 1. The fourth-order valence-electron chi connectivity index (χ4n) is 1.82. The average Bonchev–Trinajstić information content (AvgIpc) is 2.25. The van der Waals surface area contributed by atoms with Gasteiger partial charge in [-0.05, 0) is 44.6 Å². The minimum absolute atomic E-state index is 0.340. The Labute approximate surface area is 104 Å². The summed E-state index contributed by atoms with van der Waals surface area (Å²) in [5.74, 6) is 0.861. The topological polar surface area (TPSA) is 32.7 Å². The first-order valence-corrected chi connectivity index (χ1v) is 6.01. The molecule has 0 saturated heterocycles. The molecule has 0 aliphatic heterocycles. The van der Waals surface area contributed by atoms with Gasteiger partial charge in [-0.15, -0.1) is 0 Å². The van der Waals surface area contributed by atoms with Crippen LogP contribution in [-0.4, -0.2) is 43.9 Å². The van der Waals surface area contributed by atoms with Crippen LogP contribution in [0.3, 0.4) is 0 Å². The number of rotatable bonds is 6. The van der Waals surface area contributed by atoms with Gasteiger partial charge in [0, 0.05) is 13.0 Å². The molecular weight excluding hydrogens is 214 g/mol. The quantitative estimate of drug-likeness (QED) is 0.818. The molecule has 17 heavy (non-hydrogen) atoms. The lowest BCUT2D eigenvalue weighted by Gasteiger charge is -2.14. The first-order chi connectivity index (χ1) is 8.02. The van der Waals surface area contributed by atoms with Crippen molar-refractivity contribution in [2.45, 2.75) is 25.9 Å². The van der Waals surface area contributed by atoms with E-state index < -0.39 is 0 Å². The molecule has 0 amide bonds. The third-order valence-corrected chi connectivity index (χ3v) is 2.71. The summed E-state index contributed by atoms with van der Waals surface area (Å²) in [7, 11) is 5.81. The Kier molecular flexibility index (Phi) is 5.45. The third kappa shape index (κ3) is 4.75. The average molecular weight is 237 g/mol. The highest BCUT2D eigenvalue weighted by Gasteiger charge is 2.07. The van der Waals surface area contributed by atoms with Gasteiger partial charge in [-0.3, -0.25) is 0 Å². The van der Waals surface area contributed by atoms with Gasteiger partial charge in [0.25, 0.3) is 0 Å². The predicted octanol–water partition coefficient (Wildman–Crippen LogP) is 1.72. The Balaban J connectivity index is 2.80. The van der Waals surface area contributed by atoms with E-state index in [1.165, 1.54) is 5.56 Å². The molecular formula is C14H23NO2. The number of methoxy groups -OCH3 is 1. The number of hydrogen-bond acceptors (Lipinski definition) is 3. The van der Waals surface area contributed by atoms with E-state index in [0.717, 1.165) is 24.3 Å². The largest absolute Gasteiger partial charge is 0.496 e. The Bertz CT molecular complexity index is 348. The predicted molar refractivity (Wildman–Crippen MR) is 70.6 cm³/mol. The van der Waals surface area contributed by atoms with Crippen molar-refractivity contribution in [2.24, 2.45) is 0 Å². The monoisotopic (exact) mass is 237 g/mol. The maximum atomic E-state index is 9.47. The molecule has 0 aliphatic carbocycles. The smallest absolute Gasteiger partial charge is 0.122 e. The number of nitrogens with zero attached hydrogens (tertiary/aromatic N) is 1. The van der Waals surface area contributed by atoms with Gasteiger partial charge in [0.2, 0.25) is 0 Å². The molecule has 1 unspecified atom stereocenters. The van der Waals surface area contributed by atoms with E-state index in [4.69, 9.17) is 4.74 Å². The van der Waals surface area contributed by atoms with Crippen LogP contribution in [0, 0.1) is 0 Å². The molecule has 0 radical (unpaired) electrons. The van der Waals surface area contributed by atoms with Gasteiger partial charge in [-0.1, -0.05) is 12.1 Å². The van der Waals surface area contributed by atoms with Crippen molar-refractivity contribution in [2.75, 3.05) is 27.7 Å². The van der Waals surface area contributed by atoms with Crippen LogP contribution < -0.4 is 4.74 Å². The summed E-state index contributed by atoms with van der Waals surface area (Å²) in [5.41, 5.74) is 2.37. The van der Waals surface area contributed by atoms with E-state index in [9.17, 15) is 5.11 Å². The number of aliphatic hydroxyl groups excluding tert-OH is 1. The molecule has 3 nitrogen and oxygen atoms in total. The van der Waals surface area contributed by atoms with Crippen molar-refractivity contribution in [3.8, 4) is 5.75 Å². The second-order valence-corrected chi connectivity index (χ2v) is 4.75. The summed E-state index contributed by atoms with van der Waals surface area (Å²) in [4.78, 5) is 2.17. The third-order valence-electron chi connectivity index (χ3n) is 2.71. The number of benzene rings is 1. The Morgan fingerprint density at radius 2 is 2.06 bits per heavy atom. The van der Waals surface area contributed by atoms with Crippen LogP contribution in [0.2, 0.25) is 0 Å². The molecule has 1 aromatic rings. The Morgan fingerprint density at radius 1 is 1.35 bits per heavy atom. The lowest BCUT2D eigenvalue weighted by molar-refractivity contribution is 0.194. The highest BCUT2D eigenvalue weighted by molar-refractivity contribution is 5.37. The van der Waals surface area contributed by atoms with Gasteiger partial charge in [0.1, 0.15) is 5.75 Å². The fourth-order valence-corrected chi connectivity index (χ4v) is 1.82. The lowest BCUT2D eigenvalue weighted by Crippen LogP contribution is -2.15. The van der Waals surface area contributed by atoms with Gasteiger partial charge < -0.3 is 14.7 Å². The van der Waals surface area contributed by atoms with E-state index in [2.05, 4.69) is 31.1 Å². The van der Waals surface area contributed by atoms with Crippen LogP contribution in [0.1, 0.15) is 18.1 Å². The van der Waals surface area contributed by atoms with E-state index in [1.54, 1.807) is 14.0 Å². The zero-order chi connectivity index (χ0) is 12.8. The molecule has 0 fully saturated rings. The zero-order valence-corrected chi connectivity index (χ0v) is 11.2. The van der Waals surface area contributed by atoms with Crippen molar-refractivity contribution in [1.29, 1.82) is 0 Å². The summed E-state index contributed by atoms with van der Waals surface area (Å²) in [6, 6.07) is 6.21. The molecule has 1 N–H and O–H groups in total. The van der Waals surface area contributed by atoms with E-state index >= 15 is 0 Å². The van der Waals surface area contributed by atoms with Crippen molar-refractivity contribution < 1.29 is 9.84 Å². The van der Waals surface area contributed by atoms with E-state index in [-0.39, 0.29) is 6.10 Å². The Morgan fingerprint density at radius 3 is 2.59 bits per heavy atom. The molecule has 96 valence electrons. The summed E-state index contributed by atoms with van der Waals surface area (Å²) >= 11 is 0. The number of likely N-dealkylation sites (N-methyl/N-ethyl adjacent to an activating group) is 1. The molecule has 3 heteroatoms. The normalized spacial score (nSPS) is 12.8. The first kappa shape index (κ1) is 14.0. The summed E-state index contributed by atoms with van der Waals surface area (Å²) in [6.07, 6.45) is 1.32. The maximum absolute atomic E-state index is 9.47. The van der Waals surface area contributed by atoms with Gasteiger partial charge in [0.15, 0.2) is 0 Å². The molecule has 0 bridgehead atoms. The van der Waals surface area contributed by atoms with Crippen LogP contribution in [0.15, 0.2) is 18.2 Å². The van der Waals surface area contributed by atoms with E-state index in [0.29, 0.717) is 6.42 Å². The van der Waals surface area contributed by atoms with Crippen LogP contribution >= 0.6 is 0 Å².